The average molecular weight is 443 g/mol. The molecule has 0 aliphatic heterocycles. The monoisotopic (exact) mass is 442 g/mol. The summed E-state index contributed by atoms with van der Waals surface area (Å²) in [7, 11) is 0. The van der Waals surface area contributed by atoms with E-state index in [1.165, 1.54) is 11.1 Å². The average Bonchev–Trinajstić information content (AvgIpc) is 2.80. The van der Waals surface area contributed by atoms with Crippen molar-refractivity contribution in [1.29, 1.82) is 0 Å². The first-order chi connectivity index (χ1) is 15.6. The third-order valence-corrected chi connectivity index (χ3v) is 7.06. The van der Waals surface area contributed by atoms with E-state index in [4.69, 9.17) is 4.74 Å². The van der Waals surface area contributed by atoms with E-state index in [-0.39, 0.29) is 16.4 Å². The molecule has 0 radical (unpaired) electrons. The second-order valence-electron chi connectivity index (χ2n) is 10.4. The summed E-state index contributed by atoms with van der Waals surface area (Å²) in [5, 5.41) is 10.1. The van der Waals surface area contributed by atoms with Crippen molar-refractivity contribution >= 4 is 5.97 Å². The Morgan fingerprint density at radius 2 is 1.52 bits per heavy atom. The summed E-state index contributed by atoms with van der Waals surface area (Å²) in [6, 6.07) is 20.3. The van der Waals surface area contributed by atoms with Crippen molar-refractivity contribution in [3.63, 3.8) is 0 Å². The molecule has 0 saturated heterocycles. The summed E-state index contributed by atoms with van der Waals surface area (Å²) in [4.78, 5) is 12.3. The predicted molar refractivity (Wildman–Crippen MR) is 135 cm³/mol. The normalized spacial score (nSPS) is 16.2. The van der Waals surface area contributed by atoms with Gasteiger partial charge in [-0.1, -0.05) is 83.1 Å². The molecule has 1 aliphatic carbocycles. The van der Waals surface area contributed by atoms with Crippen LogP contribution in [0.3, 0.4) is 0 Å². The van der Waals surface area contributed by atoms with Crippen molar-refractivity contribution in [2.24, 2.45) is 0 Å². The molecule has 0 bridgehead atoms. The van der Waals surface area contributed by atoms with Gasteiger partial charge in [0.25, 0.3) is 0 Å². The van der Waals surface area contributed by atoms with Crippen LogP contribution >= 0.6 is 0 Å². The van der Waals surface area contributed by atoms with Gasteiger partial charge in [0.1, 0.15) is 5.75 Å². The number of aromatic carboxylic acids is 1. The van der Waals surface area contributed by atoms with E-state index in [0.717, 1.165) is 41.5 Å². The van der Waals surface area contributed by atoms with E-state index in [9.17, 15) is 9.90 Å². The van der Waals surface area contributed by atoms with Crippen LogP contribution in [0.2, 0.25) is 0 Å². The SMILES string of the molecule is CCCOc1cc(C(=O)O)c(-c2ccc3c(c2)C(C)(C)CCC3(C)C)cc1-c1ccccc1. The first kappa shape index (κ1) is 23.1. The van der Waals surface area contributed by atoms with E-state index in [2.05, 4.69) is 45.9 Å². The number of carbonyl (C=O) groups is 1. The minimum Gasteiger partial charge on any atom is -0.493 e. The molecule has 0 unspecified atom stereocenters. The van der Waals surface area contributed by atoms with Gasteiger partial charge in [0.15, 0.2) is 0 Å². The minimum absolute atomic E-state index is 0.0523. The Hall–Kier alpha value is -3.07. The molecule has 0 heterocycles. The van der Waals surface area contributed by atoms with Crippen LogP contribution < -0.4 is 4.74 Å². The first-order valence-electron chi connectivity index (χ1n) is 11.9. The van der Waals surface area contributed by atoms with Crippen molar-refractivity contribution in [3.8, 4) is 28.0 Å². The molecule has 4 rings (SSSR count). The maximum Gasteiger partial charge on any atom is 0.336 e. The fourth-order valence-corrected chi connectivity index (χ4v) is 4.93. The van der Waals surface area contributed by atoms with Gasteiger partial charge in [-0.05, 0) is 70.0 Å². The van der Waals surface area contributed by atoms with E-state index < -0.39 is 5.97 Å². The number of rotatable bonds is 6. The molecule has 1 aliphatic rings. The number of hydrogen-bond donors (Lipinski definition) is 1. The number of benzene rings is 3. The smallest absolute Gasteiger partial charge is 0.336 e. The molecule has 3 nitrogen and oxygen atoms in total. The number of fused-ring (bicyclic) bond motifs is 1. The van der Waals surface area contributed by atoms with Crippen molar-refractivity contribution in [2.45, 2.75) is 64.7 Å². The topological polar surface area (TPSA) is 46.5 Å². The number of hydrogen-bond acceptors (Lipinski definition) is 2. The third kappa shape index (κ3) is 4.42. The van der Waals surface area contributed by atoms with Crippen LogP contribution in [-0.2, 0) is 10.8 Å². The Labute approximate surface area is 197 Å². The molecule has 0 saturated carbocycles. The highest BCUT2D eigenvalue weighted by atomic mass is 16.5. The standard InChI is InChI=1S/C30H34O3/c1-6-16-33-27-19-24(28(31)32)22(18-23(27)20-10-8-7-9-11-20)21-12-13-25-26(17-21)30(4,5)15-14-29(25,2)3/h7-13,17-19H,6,14-16H2,1-5H3,(H,31,32). The summed E-state index contributed by atoms with van der Waals surface area (Å²) in [5.74, 6) is -0.327. The van der Waals surface area contributed by atoms with Crippen molar-refractivity contribution in [3.05, 3.63) is 77.4 Å². The second kappa shape index (κ2) is 8.70. The van der Waals surface area contributed by atoms with Crippen LogP contribution in [0.25, 0.3) is 22.3 Å². The molecule has 0 amide bonds. The molecule has 0 atom stereocenters. The summed E-state index contributed by atoms with van der Waals surface area (Å²) in [6.45, 7) is 11.8. The van der Waals surface area contributed by atoms with E-state index >= 15 is 0 Å². The zero-order chi connectivity index (χ0) is 23.8. The number of ether oxygens (including phenoxy) is 1. The van der Waals surface area contributed by atoms with Gasteiger partial charge in [-0.3, -0.25) is 0 Å². The fourth-order valence-electron chi connectivity index (χ4n) is 4.93. The lowest BCUT2D eigenvalue weighted by Gasteiger charge is -2.42. The van der Waals surface area contributed by atoms with E-state index in [0.29, 0.717) is 12.4 Å². The Kier molecular flexibility index (Phi) is 6.09. The zero-order valence-corrected chi connectivity index (χ0v) is 20.4. The van der Waals surface area contributed by atoms with Crippen molar-refractivity contribution < 1.29 is 14.6 Å². The lowest BCUT2D eigenvalue weighted by atomic mass is 9.63. The Morgan fingerprint density at radius 1 is 0.848 bits per heavy atom. The van der Waals surface area contributed by atoms with Crippen LogP contribution in [0.15, 0.2) is 60.7 Å². The minimum atomic E-state index is -0.941. The molecule has 3 aromatic carbocycles. The van der Waals surface area contributed by atoms with Gasteiger partial charge in [-0.15, -0.1) is 0 Å². The van der Waals surface area contributed by atoms with Gasteiger partial charge in [-0.2, -0.15) is 0 Å². The largest absolute Gasteiger partial charge is 0.493 e. The highest BCUT2D eigenvalue weighted by Crippen LogP contribution is 2.47. The Morgan fingerprint density at radius 3 is 2.15 bits per heavy atom. The summed E-state index contributed by atoms with van der Waals surface area (Å²) in [6.07, 6.45) is 3.11. The molecule has 3 aromatic rings. The Balaban J connectivity index is 1.95. The van der Waals surface area contributed by atoms with Crippen LogP contribution in [0.1, 0.15) is 75.4 Å². The van der Waals surface area contributed by atoms with Gasteiger partial charge in [0.05, 0.1) is 12.2 Å². The number of carboxylic acids is 1. The molecule has 3 heteroatoms. The summed E-state index contributed by atoms with van der Waals surface area (Å²) in [5.41, 5.74) is 6.73. The molecule has 0 spiro atoms. The highest BCUT2D eigenvalue weighted by molar-refractivity contribution is 5.98. The van der Waals surface area contributed by atoms with E-state index in [1.54, 1.807) is 6.07 Å². The van der Waals surface area contributed by atoms with Gasteiger partial charge >= 0.3 is 5.97 Å². The third-order valence-electron chi connectivity index (χ3n) is 7.06. The first-order valence-corrected chi connectivity index (χ1v) is 11.9. The predicted octanol–water partition coefficient (Wildman–Crippen LogP) is 7.86. The van der Waals surface area contributed by atoms with Gasteiger partial charge in [0.2, 0.25) is 0 Å². The van der Waals surface area contributed by atoms with Crippen LogP contribution in [-0.4, -0.2) is 17.7 Å². The lowest BCUT2D eigenvalue weighted by Crippen LogP contribution is -2.33. The second-order valence-corrected chi connectivity index (χ2v) is 10.4. The van der Waals surface area contributed by atoms with Crippen LogP contribution in [0.5, 0.6) is 5.75 Å². The summed E-state index contributed by atoms with van der Waals surface area (Å²) < 4.78 is 6.01. The molecule has 33 heavy (non-hydrogen) atoms. The molecule has 0 fully saturated rings. The highest BCUT2D eigenvalue weighted by Gasteiger charge is 2.37. The van der Waals surface area contributed by atoms with Crippen LogP contribution in [0, 0.1) is 0 Å². The molecule has 0 aromatic heterocycles. The maximum atomic E-state index is 12.3. The van der Waals surface area contributed by atoms with E-state index in [1.807, 2.05) is 43.3 Å². The fraction of sp³-hybridized carbons (Fsp3) is 0.367. The Bertz CT molecular complexity index is 1170. The van der Waals surface area contributed by atoms with Gasteiger partial charge < -0.3 is 9.84 Å². The molecule has 172 valence electrons. The van der Waals surface area contributed by atoms with Gasteiger partial charge in [0, 0.05) is 5.56 Å². The zero-order valence-electron chi connectivity index (χ0n) is 20.4. The number of carboxylic acid groups (broad SMARTS) is 1. The van der Waals surface area contributed by atoms with Gasteiger partial charge in [-0.25, -0.2) is 4.79 Å². The molecule has 1 N–H and O–H groups in total. The van der Waals surface area contributed by atoms with Crippen molar-refractivity contribution in [1.82, 2.24) is 0 Å². The van der Waals surface area contributed by atoms with Crippen LogP contribution in [0.4, 0.5) is 0 Å². The summed E-state index contributed by atoms with van der Waals surface area (Å²) >= 11 is 0. The van der Waals surface area contributed by atoms with Crippen molar-refractivity contribution in [2.75, 3.05) is 6.61 Å². The lowest BCUT2D eigenvalue weighted by molar-refractivity contribution is 0.0697. The molecular formula is C30H34O3. The maximum absolute atomic E-state index is 12.3. The molecular weight excluding hydrogens is 408 g/mol. The quantitative estimate of drug-likeness (QED) is 0.423.